The second kappa shape index (κ2) is 3.57. The van der Waals surface area contributed by atoms with Gasteiger partial charge in [0, 0.05) is 24.8 Å². The molecule has 0 aromatic heterocycles. The van der Waals surface area contributed by atoms with Gasteiger partial charge in [-0.15, -0.1) is 0 Å². The van der Waals surface area contributed by atoms with Crippen molar-refractivity contribution >= 4 is 0 Å². The molecule has 0 bridgehead atoms. The smallest absolute Gasteiger partial charge is 0.123 e. The second-order valence-electron chi connectivity index (χ2n) is 5.49. The molecule has 2 nitrogen and oxygen atoms in total. The van der Waals surface area contributed by atoms with Crippen molar-refractivity contribution in [1.82, 2.24) is 0 Å². The predicted molar refractivity (Wildman–Crippen MR) is 63.4 cm³/mol. The van der Waals surface area contributed by atoms with Crippen LogP contribution in [0.25, 0.3) is 0 Å². The second-order valence-corrected chi connectivity index (χ2v) is 5.49. The maximum absolute atomic E-state index is 9.93. The van der Waals surface area contributed by atoms with E-state index in [0.29, 0.717) is 0 Å². The Hall–Kier alpha value is -0.860. The van der Waals surface area contributed by atoms with Gasteiger partial charge in [-0.2, -0.15) is 0 Å². The first kappa shape index (κ1) is 10.3. The highest BCUT2D eigenvalue weighted by Crippen LogP contribution is 2.31. The van der Waals surface area contributed by atoms with Crippen LogP contribution < -0.4 is 4.90 Å². The molecule has 0 spiro atoms. The number of piperidine rings is 1. The molecule has 0 radical (unpaired) electrons. The molecule has 2 aliphatic rings. The highest BCUT2D eigenvalue weighted by molar-refractivity contribution is 5.33. The van der Waals surface area contributed by atoms with E-state index in [9.17, 15) is 5.11 Å². The summed E-state index contributed by atoms with van der Waals surface area (Å²) < 4.78 is 0. The maximum Gasteiger partial charge on any atom is 0.123 e. The lowest BCUT2D eigenvalue weighted by atomic mass is 9.75. The molecule has 0 amide bonds. The number of benzene rings is 1. The van der Waals surface area contributed by atoms with E-state index in [0.717, 1.165) is 19.4 Å². The summed E-state index contributed by atoms with van der Waals surface area (Å²) in [5.41, 5.74) is 3.10. The first-order valence-corrected chi connectivity index (χ1v) is 6.32. The third-order valence-corrected chi connectivity index (χ3v) is 4.51. The summed E-state index contributed by atoms with van der Waals surface area (Å²) in [6, 6.07) is 8.77. The lowest BCUT2D eigenvalue weighted by molar-refractivity contribution is -0.968. The van der Waals surface area contributed by atoms with Crippen LogP contribution >= 0.6 is 0 Å². The van der Waals surface area contributed by atoms with E-state index >= 15 is 0 Å². The van der Waals surface area contributed by atoms with Gasteiger partial charge in [0.05, 0.1) is 19.2 Å². The molecule has 1 aromatic rings. The lowest BCUT2D eigenvalue weighted by Gasteiger charge is -2.47. The predicted octanol–water partition coefficient (Wildman–Crippen LogP) is 0.498. The fraction of sp³-hybridized carbons (Fsp3) is 0.571. The number of hydrogen-bond acceptors (Lipinski definition) is 1. The Morgan fingerprint density at radius 3 is 3.00 bits per heavy atom. The summed E-state index contributed by atoms with van der Waals surface area (Å²) in [5.74, 6) is 0. The van der Waals surface area contributed by atoms with Crippen LogP contribution in [0.2, 0.25) is 0 Å². The van der Waals surface area contributed by atoms with Gasteiger partial charge in [0.1, 0.15) is 5.54 Å². The number of fused-ring (bicyclic) bond motifs is 3. The first-order chi connectivity index (χ1) is 7.70. The van der Waals surface area contributed by atoms with E-state index in [1.54, 1.807) is 4.90 Å². The maximum atomic E-state index is 9.93. The molecule has 3 rings (SSSR count). The van der Waals surface area contributed by atoms with Gasteiger partial charge in [-0.1, -0.05) is 24.3 Å². The Bertz CT molecular complexity index is 403. The average Bonchev–Trinajstić information content (AvgIpc) is 2.28. The van der Waals surface area contributed by atoms with Crippen molar-refractivity contribution in [3.63, 3.8) is 0 Å². The van der Waals surface area contributed by atoms with E-state index in [1.807, 2.05) is 0 Å². The largest absolute Gasteiger partial charge is 0.393 e. The summed E-state index contributed by atoms with van der Waals surface area (Å²) in [5, 5.41) is 9.93. The van der Waals surface area contributed by atoms with Crippen molar-refractivity contribution in [1.29, 1.82) is 0 Å². The van der Waals surface area contributed by atoms with Crippen molar-refractivity contribution in [3.05, 3.63) is 35.4 Å². The molecule has 16 heavy (non-hydrogen) atoms. The number of nitrogens with one attached hydrogen (secondary N) is 1. The van der Waals surface area contributed by atoms with E-state index in [2.05, 4.69) is 31.2 Å². The third kappa shape index (κ3) is 1.40. The van der Waals surface area contributed by atoms with E-state index in [4.69, 9.17) is 0 Å². The van der Waals surface area contributed by atoms with E-state index < -0.39 is 0 Å². The molecule has 2 heterocycles. The quantitative estimate of drug-likeness (QED) is 0.651. The van der Waals surface area contributed by atoms with Gasteiger partial charge in [0.2, 0.25) is 0 Å². The lowest BCUT2D eigenvalue weighted by Crippen LogP contribution is -3.20. The minimum atomic E-state index is -0.111. The van der Waals surface area contributed by atoms with Gasteiger partial charge >= 0.3 is 0 Å². The van der Waals surface area contributed by atoms with Crippen molar-refractivity contribution in [2.24, 2.45) is 0 Å². The van der Waals surface area contributed by atoms with Crippen molar-refractivity contribution in [2.75, 3.05) is 13.1 Å². The summed E-state index contributed by atoms with van der Waals surface area (Å²) in [7, 11) is 0. The summed E-state index contributed by atoms with van der Waals surface area (Å²) >= 11 is 0. The molecule has 2 heteroatoms. The Morgan fingerprint density at radius 2 is 2.12 bits per heavy atom. The molecule has 2 N–H and O–H groups in total. The SMILES string of the molecule is C[C@@]12C[C@H](O)CC[NH+]1CCc1ccccc12. The molecule has 1 unspecified atom stereocenters. The van der Waals surface area contributed by atoms with Gasteiger partial charge in [0.15, 0.2) is 0 Å². The Balaban J connectivity index is 2.07. The monoisotopic (exact) mass is 218 g/mol. The standard InChI is InChI=1S/C14H19NO/c1-14-10-12(16)7-9-15(14)8-6-11-4-2-3-5-13(11)14/h2-5,12,16H,6-10H2,1H3/p+1/t12-,14+/m1/s1. The number of rotatable bonds is 0. The van der Waals surface area contributed by atoms with Crippen LogP contribution in [0.1, 0.15) is 30.9 Å². The molecular weight excluding hydrogens is 198 g/mol. The zero-order valence-corrected chi connectivity index (χ0v) is 9.87. The van der Waals surface area contributed by atoms with Crippen LogP contribution in [-0.2, 0) is 12.0 Å². The number of aliphatic hydroxyl groups excluding tert-OH is 1. The summed E-state index contributed by atoms with van der Waals surface area (Å²) in [4.78, 5) is 1.66. The fourth-order valence-corrected chi connectivity index (χ4v) is 3.60. The van der Waals surface area contributed by atoms with Crippen molar-refractivity contribution in [2.45, 2.75) is 37.8 Å². The van der Waals surface area contributed by atoms with Crippen LogP contribution in [-0.4, -0.2) is 24.3 Å². The number of quaternary nitrogens is 1. The highest BCUT2D eigenvalue weighted by atomic mass is 16.3. The summed E-state index contributed by atoms with van der Waals surface area (Å²) in [6.07, 6.45) is 2.96. The molecule has 0 saturated carbocycles. The molecule has 86 valence electrons. The number of hydrogen-bond donors (Lipinski definition) is 2. The first-order valence-electron chi connectivity index (χ1n) is 6.32. The summed E-state index contributed by atoms with van der Waals surface area (Å²) in [6.45, 7) is 4.66. The Labute approximate surface area is 96.9 Å². The van der Waals surface area contributed by atoms with Crippen LogP contribution in [0.3, 0.4) is 0 Å². The van der Waals surface area contributed by atoms with Gasteiger partial charge in [-0.25, -0.2) is 0 Å². The van der Waals surface area contributed by atoms with Crippen molar-refractivity contribution < 1.29 is 10.0 Å². The Kier molecular flexibility index (Phi) is 2.30. The molecule has 0 aliphatic carbocycles. The van der Waals surface area contributed by atoms with Crippen molar-refractivity contribution in [3.8, 4) is 0 Å². The third-order valence-electron chi connectivity index (χ3n) is 4.51. The Morgan fingerprint density at radius 1 is 1.31 bits per heavy atom. The van der Waals surface area contributed by atoms with Crippen LogP contribution in [0.5, 0.6) is 0 Å². The fourth-order valence-electron chi connectivity index (χ4n) is 3.60. The van der Waals surface area contributed by atoms with Gasteiger partial charge in [-0.05, 0) is 12.5 Å². The topological polar surface area (TPSA) is 24.7 Å². The van der Waals surface area contributed by atoms with Crippen LogP contribution in [0.15, 0.2) is 24.3 Å². The van der Waals surface area contributed by atoms with Gasteiger partial charge < -0.3 is 10.0 Å². The number of aliphatic hydroxyl groups is 1. The molecule has 1 fully saturated rings. The molecule has 3 atom stereocenters. The minimum Gasteiger partial charge on any atom is -0.393 e. The highest BCUT2D eigenvalue weighted by Gasteiger charge is 2.46. The molecule has 2 aliphatic heterocycles. The normalized spacial score (nSPS) is 37.6. The van der Waals surface area contributed by atoms with E-state index in [1.165, 1.54) is 24.1 Å². The minimum absolute atomic E-state index is 0.111. The molecular formula is C14H20NO+. The molecule has 1 aromatic carbocycles. The average molecular weight is 218 g/mol. The molecule has 1 saturated heterocycles. The van der Waals surface area contributed by atoms with Gasteiger partial charge in [-0.3, -0.25) is 0 Å². The van der Waals surface area contributed by atoms with Gasteiger partial charge in [0.25, 0.3) is 0 Å². The van der Waals surface area contributed by atoms with Crippen LogP contribution in [0, 0.1) is 0 Å². The zero-order chi connectivity index (χ0) is 11.2. The van der Waals surface area contributed by atoms with Crippen LogP contribution in [0.4, 0.5) is 0 Å². The zero-order valence-electron chi connectivity index (χ0n) is 9.87. The van der Waals surface area contributed by atoms with E-state index in [-0.39, 0.29) is 11.6 Å².